The molecule has 0 radical (unpaired) electrons. The average Bonchev–Trinajstić information content (AvgIpc) is 2.63. The van der Waals surface area contributed by atoms with Crippen molar-refractivity contribution in [3.05, 3.63) is 23.0 Å². The highest BCUT2D eigenvalue weighted by atomic mass is 15.1. The SMILES string of the molecule is Cc1cc(N2CCCC(C(C)C)CC2)c(C#N)c(C)n1. The van der Waals surface area contributed by atoms with Crippen LogP contribution in [0.25, 0.3) is 0 Å². The Morgan fingerprint density at radius 2 is 2.05 bits per heavy atom. The summed E-state index contributed by atoms with van der Waals surface area (Å²) in [6.45, 7) is 10.7. The van der Waals surface area contributed by atoms with Crippen LogP contribution in [0.4, 0.5) is 5.69 Å². The van der Waals surface area contributed by atoms with E-state index in [0.717, 1.165) is 47.6 Å². The van der Waals surface area contributed by atoms with Gasteiger partial charge in [-0.3, -0.25) is 4.98 Å². The molecule has 0 aliphatic carbocycles. The third kappa shape index (κ3) is 3.12. The van der Waals surface area contributed by atoms with Crippen molar-refractivity contribution in [3.63, 3.8) is 0 Å². The van der Waals surface area contributed by atoms with Crippen molar-refractivity contribution in [3.8, 4) is 6.07 Å². The molecule has 3 heteroatoms. The van der Waals surface area contributed by atoms with E-state index in [2.05, 4.69) is 35.9 Å². The Kier molecular flexibility index (Phi) is 4.65. The maximum absolute atomic E-state index is 9.41. The molecule has 20 heavy (non-hydrogen) atoms. The fraction of sp³-hybridized carbons (Fsp3) is 0.647. The van der Waals surface area contributed by atoms with E-state index in [1.54, 1.807) is 0 Å². The fourth-order valence-corrected chi connectivity index (χ4v) is 3.23. The van der Waals surface area contributed by atoms with Gasteiger partial charge in [-0.2, -0.15) is 5.26 Å². The number of pyridine rings is 1. The van der Waals surface area contributed by atoms with Crippen molar-refractivity contribution >= 4 is 5.69 Å². The van der Waals surface area contributed by atoms with Crippen LogP contribution in [0.5, 0.6) is 0 Å². The van der Waals surface area contributed by atoms with Gasteiger partial charge >= 0.3 is 0 Å². The van der Waals surface area contributed by atoms with Crippen molar-refractivity contribution in [2.45, 2.75) is 47.0 Å². The maximum Gasteiger partial charge on any atom is 0.103 e. The lowest BCUT2D eigenvalue weighted by Gasteiger charge is -2.25. The van der Waals surface area contributed by atoms with E-state index < -0.39 is 0 Å². The predicted molar refractivity (Wildman–Crippen MR) is 82.8 cm³/mol. The number of aryl methyl sites for hydroxylation is 2. The zero-order valence-corrected chi connectivity index (χ0v) is 13.1. The van der Waals surface area contributed by atoms with Gasteiger partial charge < -0.3 is 4.90 Å². The second-order valence-corrected chi connectivity index (χ2v) is 6.28. The van der Waals surface area contributed by atoms with Gasteiger partial charge in [0.15, 0.2) is 0 Å². The standard InChI is InChI=1S/C17H25N3/c1-12(2)15-6-5-8-20(9-7-15)17-10-13(3)19-14(4)16(17)11-18/h10,12,15H,5-9H2,1-4H3. The molecule has 0 spiro atoms. The molecule has 1 atom stereocenters. The second kappa shape index (κ2) is 6.26. The molecule has 0 saturated carbocycles. The van der Waals surface area contributed by atoms with Gasteiger partial charge in [-0.05, 0) is 51.0 Å². The first kappa shape index (κ1) is 14.8. The van der Waals surface area contributed by atoms with Gasteiger partial charge in [0.25, 0.3) is 0 Å². The first-order valence-corrected chi connectivity index (χ1v) is 7.66. The number of anilines is 1. The Morgan fingerprint density at radius 1 is 1.30 bits per heavy atom. The molecule has 0 amide bonds. The second-order valence-electron chi connectivity index (χ2n) is 6.28. The minimum Gasteiger partial charge on any atom is -0.370 e. The molecule has 1 aliphatic heterocycles. The molecule has 1 aliphatic rings. The number of nitrogens with zero attached hydrogens (tertiary/aromatic N) is 3. The van der Waals surface area contributed by atoms with Crippen LogP contribution in [0.2, 0.25) is 0 Å². The molecule has 0 aromatic carbocycles. The lowest BCUT2D eigenvalue weighted by Crippen LogP contribution is -2.26. The Labute approximate surface area is 122 Å². The molecule has 1 aromatic heterocycles. The Balaban J connectivity index is 2.26. The summed E-state index contributed by atoms with van der Waals surface area (Å²) in [5, 5.41) is 9.41. The summed E-state index contributed by atoms with van der Waals surface area (Å²) in [6.07, 6.45) is 3.75. The van der Waals surface area contributed by atoms with Gasteiger partial charge in [0.05, 0.1) is 16.9 Å². The van der Waals surface area contributed by atoms with E-state index >= 15 is 0 Å². The lowest BCUT2D eigenvalue weighted by molar-refractivity contribution is 0.351. The van der Waals surface area contributed by atoms with Crippen molar-refractivity contribution in [1.82, 2.24) is 4.98 Å². The summed E-state index contributed by atoms with van der Waals surface area (Å²) in [5.74, 6) is 1.57. The van der Waals surface area contributed by atoms with Gasteiger partial charge in [-0.15, -0.1) is 0 Å². The molecular formula is C17H25N3. The molecule has 108 valence electrons. The molecule has 1 aromatic rings. The van der Waals surface area contributed by atoms with E-state index in [1.165, 1.54) is 19.3 Å². The Hall–Kier alpha value is -1.56. The zero-order valence-electron chi connectivity index (χ0n) is 13.1. The summed E-state index contributed by atoms with van der Waals surface area (Å²) in [6, 6.07) is 4.41. The minimum atomic E-state index is 0.749. The minimum absolute atomic E-state index is 0.749. The van der Waals surface area contributed by atoms with Crippen LogP contribution in [-0.2, 0) is 0 Å². The summed E-state index contributed by atoms with van der Waals surface area (Å²) >= 11 is 0. The van der Waals surface area contributed by atoms with Gasteiger partial charge in [-0.25, -0.2) is 0 Å². The quantitative estimate of drug-likeness (QED) is 0.820. The van der Waals surface area contributed by atoms with Crippen molar-refractivity contribution in [2.24, 2.45) is 11.8 Å². The molecule has 0 bridgehead atoms. The van der Waals surface area contributed by atoms with E-state index in [-0.39, 0.29) is 0 Å². The number of rotatable bonds is 2. The fourth-order valence-electron chi connectivity index (χ4n) is 3.23. The van der Waals surface area contributed by atoms with Gasteiger partial charge in [0.2, 0.25) is 0 Å². The topological polar surface area (TPSA) is 39.9 Å². The molecule has 1 fully saturated rings. The highest BCUT2D eigenvalue weighted by Crippen LogP contribution is 2.30. The van der Waals surface area contributed by atoms with E-state index in [0.29, 0.717) is 0 Å². The third-order valence-electron chi connectivity index (χ3n) is 4.48. The molecular weight excluding hydrogens is 246 g/mol. The first-order valence-electron chi connectivity index (χ1n) is 7.66. The van der Waals surface area contributed by atoms with Crippen molar-refractivity contribution in [1.29, 1.82) is 5.26 Å². The summed E-state index contributed by atoms with van der Waals surface area (Å²) in [4.78, 5) is 6.81. The Morgan fingerprint density at radius 3 is 2.70 bits per heavy atom. The normalized spacial score (nSPS) is 19.8. The third-order valence-corrected chi connectivity index (χ3v) is 4.48. The largest absolute Gasteiger partial charge is 0.370 e. The van der Waals surface area contributed by atoms with Crippen LogP contribution >= 0.6 is 0 Å². The average molecular weight is 271 g/mol. The predicted octanol–water partition coefficient (Wildman–Crippen LogP) is 3.83. The van der Waals surface area contributed by atoms with Crippen LogP contribution in [0.1, 0.15) is 50.1 Å². The highest BCUT2D eigenvalue weighted by Gasteiger charge is 2.22. The maximum atomic E-state index is 9.41. The molecule has 1 saturated heterocycles. The van der Waals surface area contributed by atoms with E-state index in [4.69, 9.17) is 0 Å². The molecule has 3 nitrogen and oxygen atoms in total. The van der Waals surface area contributed by atoms with E-state index in [1.807, 2.05) is 13.8 Å². The first-order chi connectivity index (χ1) is 9.52. The van der Waals surface area contributed by atoms with Gasteiger partial charge in [0.1, 0.15) is 6.07 Å². The Bertz CT molecular complexity index is 514. The number of nitriles is 1. The molecule has 2 heterocycles. The summed E-state index contributed by atoms with van der Waals surface area (Å²) in [5.41, 5.74) is 3.69. The lowest BCUT2D eigenvalue weighted by atomic mass is 9.89. The van der Waals surface area contributed by atoms with Crippen LogP contribution in [0, 0.1) is 37.0 Å². The van der Waals surface area contributed by atoms with Crippen molar-refractivity contribution < 1.29 is 0 Å². The zero-order chi connectivity index (χ0) is 14.7. The molecule has 2 rings (SSSR count). The van der Waals surface area contributed by atoms with Crippen LogP contribution in [0.15, 0.2) is 6.07 Å². The van der Waals surface area contributed by atoms with Gasteiger partial charge in [-0.1, -0.05) is 13.8 Å². The highest BCUT2D eigenvalue weighted by molar-refractivity contribution is 5.61. The monoisotopic (exact) mass is 271 g/mol. The summed E-state index contributed by atoms with van der Waals surface area (Å²) < 4.78 is 0. The number of hydrogen-bond acceptors (Lipinski definition) is 3. The number of aromatic nitrogens is 1. The van der Waals surface area contributed by atoms with Gasteiger partial charge in [0, 0.05) is 18.8 Å². The molecule has 1 unspecified atom stereocenters. The number of hydrogen-bond donors (Lipinski definition) is 0. The van der Waals surface area contributed by atoms with Crippen LogP contribution in [0.3, 0.4) is 0 Å². The van der Waals surface area contributed by atoms with E-state index in [9.17, 15) is 5.26 Å². The van der Waals surface area contributed by atoms with Crippen LogP contribution in [-0.4, -0.2) is 18.1 Å². The smallest absolute Gasteiger partial charge is 0.103 e. The van der Waals surface area contributed by atoms with Crippen LogP contribution < -0.4 is 4.90 Å². The summed E-state index contributed by atoms with van der Waals surface area (Å²) in [7, 11) is 0. The van der Waals surface area contributed by atoms with Crippen molar-refractivity contribution in [2.75, 3.05) is 18.0 Å². The molecule has 0 N–H and O–H groups in total.